The summed E-state index contributed by atoms with van der Waals surface area (Å²) in [5.41, 5.74) is 2.32. The van der Waals surface area contributed by atoms with Crippen LogP contribution < -0.4 is 24.4 Å². The lowest BCUT2D eigenvalue weighted by Crippen LogP contribution is -2.32. The van der Waals surface area contributed by atoms with Crippen molar-refractivity contribution in [2.45, 2.75) is 43.2 Å². The molecule has 1 fully saturated rings. The van der Waals surface area contributed by atoms with E-state index in [1.807, 2.05) is 12.1 Å². The number of nitrogens with one attached hydrogen (secondary N) is 2. The summed E-state index contributed by atoms with van der Waals surface area (Å²) in [7, 11) is -2.52. The lowest BCUT2D eigenvalue weighted by molar-refractivity contribution is 0.0980. The Balaban J connectivity index is 1.30. The Morgan fingerprint density at radius 1 is 1.02 bits per heavy atom. The highest BCUT2D eigenvalue weighted by molar-refractivity contribution is 7.90. The summed E-state index contributed by atoms with van der Waals surface area (Å²) >= 11 is 0. The Labute approximate surface area is 233 Å². The monoisotopic (exact) mass is 565 g/mol. The lowest BCUT2D eigenvalue weighted by Gasteiger charge is -2.32. The van der Waals surface area contributed by atoms with E-state index in [-0.39, 0.29) is 16.6 Å². The zero-order valence-corrected chi connectivity index (χ0v) is 22.9. The minimum atomic E-state index is -4.01. The number of amides is 2. The fourth-order valence-electron chi connectivity index (χ4n) is 4.88. The summed E-state index contributed by atoms with van der Waals surface area (Å²) in [4.78, 5) is 27.3. The maximum absolute atomic E-state index is 12.8. The number of fused-ring (bicyclic) bond motifs is 1. The summed E-state index contributed by atoms with van der Waals surface area (Å²) in [6, 6.07) is 17.9. The van der Waals surface area contributed by atoms with E-state index in [9.17, 15) is 18.0 Å². The molecule has 3 aromatic carbocycles. The Hall–Kier alpha value is -4.25. The largest absolute Gasteiger partial charge is 0.496 e. The van der Waals surface area contributed by atoms with Gasteiger partial charge < -0.3 is 19.1 Å². The first-order chi connectivity index (χ1) is 19.3. The summed E-state index contributed by atoms with van der Waals surface area (Å²) in [5.74, 6) is 0.361. The van der Waals surface area contributed by atoms with Gasteiger partial charge in [-0.2, -0.15) is 0 Å². The molecule has 0 bridgehead atoms. The van der Waals surface area contributed by atoms with Crippen molar-refractivity contribution >= 4 is 33.4 Å². The normalized spacial score (nSPS) is 15.1. The number of anilines is 2. The molecule has 1 aliphatic carbocycles. The molecule has 0 spiro atoms. The Kier molecular flexibility index (Phi) is 8.11. The van der Waals surface area contributed by atoms with Crippen LogP contribution in [-0.4, -0.2) is 46.8 Å². The van der Waals surface area contributed by atoms with E-state index in [0.717, 1.165) is 36.9 Å². The first-order valence-corrected chi connectivity index (χ1v) is 14.6. The first kappa shape index (κ1) is 27.3. The van der Waals surface area contributed by atoms with Crippen molar-refractivity contribution in [2.24, 2.45) is 0 Å². The molecular formula is C29H31N3O7S. The van der Waals surface area contributed by atoms with Crippen LogP contribution in [0.15, 0.2) is 71.6 Å². The van der Waals surface area contributed by atoms with Gasteiger partial charge in [-0.15, -0.1) is 0 Å². The van der Waals surface area contributed by atoms with Crippen LogP contribution in [0.4, 0.5) is 16.2 Å². The quantitative estimate of drug-likeness (QED) is 0.403. The van der Waals surface area contributed by atoms with Gasteiger partial charge in [0.05, 0.1) is 24.2 Å². The van der Waals surface area contributed by atoms with Crippen molar-refractivity contribution in [3.63, 3.8) is 0 Å². The zero-order chi connectivity index (χ0) is 28.1. The summed E-state index contributed by atoms with van der Waals surface area (Å²) in [5, 5.41) is 2.81. The molecule has 2 N–H and O–H groups in total. The van der Waals surface area contributed by atoms with E-state index in [1.54, 1.807) is 36.4 Å². The summed E-state index contributed by atoms with van der Waals surface area (Å²) < 4.78 is 44.2. The number of carbonyl (C=O) groups is 2. The molecule has 0 radical (unpaired) electrons. The fourth-order valence-corrected chi connectivity index (χ4v) is 5.88. The van der Waals surface area contributed by atoms with Gasteiger partial charge in [0.1, 0.15) is 24.2 Å². The molecule has 1 aliphatic heterocycles. The Bertz CT molecular complexity index is 1490. The van der Waals surface area contributed by atoms with Crippen LogP contribution in [-0.2, 0) is 21.3 Å². The third kappa shape index (κ3) is 6.31. The highest BCUT2D eigenvalue weighted by Crippen LogP contribution is 2.36. The molecule has 11 heteroatoms. The van der Waals surface area contributed by atoms with E-state index in [1.165, 1.54) is 25.3 Å². The van der Waals surface area contributed by atoms with Crippen LogP contribution in [0.5, 0.6) is 11.5 Å². The maximum Gasteiger partial charge on any atom is 0.411 e. The summed E-state index contributed by atoms with van der Waals surface area (Å²) in [6.45, 7) is 1.49. The van der Waals surface area contributed by atoms with Crippen LogP contribution in [0.25, 0.3) is 0 Å². The number of carbonyl (C=O) groups excluding carboxylic acids is 2. The molecule has 210 valence electrons. The van der Waals surface area contributed by atoms with Crippen LogP contribution in [0, 0.1) is 0 Å². The topological polar surface area (TPSA) is 123 Å². The number of rotatable bonds is 8. The van der Waals surface area contributed by atoms with Crippen molar-refractivity contribution < 1.29 is 32.2 Å². The molecule has 2 amide bonds. The van der Waals surface area contributed by atoms with Crippen molar-refractivity contribution in [1.82, 2.24) is 4.72 Å². The van der Waals surface area contributed by atoms with E-state index in [4.69, 9.17) is 14.2 Å². The molecule has 2 aliphatic rings. The second kappa shape index (κ2) is 11.9. The van der Waals surface area contributed by atoms with E-state index >= 15 is 0 Å². The molecule has 0 saturated heterocycles. The molecule has 1 heterocycles. The molecule has 3 aromatic rings. The van der Waals surface area contributed by atoms with Gasteiger partial charge in [0.2, 0.25) is 0 Å². The maximum atomic E-state index is 12.8. The number of ether oxygens (including phenoxy) is 3. The van der Waals surface area contributed by atoms with Crippen molar-refractivity contribution in [2.75, 3.05) is 30.5 Å². The van der Waals surface area contributed by atoms with Crippen LogP contribution in [0.1, 0.15) is 41.6 Å². The first-order valence-electron chi connectivity index (χ1n) is 13.1. The van der Waals surface area contributed by atoms with Gasteiger partial charge in [-0.3, -0.25) is 10.1 Å². The molecular weight excluding hydrogens is 534 g/mol. The highest BCUT2D eigenvalue weighted by Gasteiger charge is 2.24. The standard InChI is InChI=1S/C29H31N3O7S/c1-37-27-17-20(28(33)31-40(35,36)24-9-3-2-4-10-24)11-12-21(27)19-32-15-16-38-26-14-13-22(18-25(26)32)30-29(34)39-23-7-5-6-8-23/h2-4,9-14,17-18,23H,5-8,15-16,19H2,1H3,(H,30,34)(H,31,33). The number of hydrogen-bond donors (Lipinski definition) is 2. The van der Waals surface area contributed by atoms with Gasteiger partial charge in [-0.25, -0.2) is 17.9 Å². The van der Waals surface area contributed by atoms with Gasteiger partial charge in [0.15, 0.2) is 0 Å². The van der Waals surface area contributed by atoms with E-state index in [2.05, 4.69) is 14.9 Å². The number of hydrogen-bond acceptors (Lipinski definition) is 8. The van der Waals surface area contributed by atoms with Crippen molar-refractivity contribution in [3.05, 3.63) is 77.9 Å². The molecule has 40 heavy (non-hydrogen) atoms. The number of methoxy groups -OCH3 is 1. The molecule has 5 rings (SSSR count). The molecule has 1 saturated carbocycles. The third-order valence-electron chi connectivity index (χ3n) is 6.93. The summed E-state index contributed by atoms with van der Waals surface area (Å²) in [6.07, 6.45) is 3.43. The smallest absolute Gasteiger partial charge is 0.411 e. The Morgan fingerprint density at radius 2 is 1.80 bits per heavy atom. The predicted molar refractivity (Wildman–Crippen MR) is 149 cm³/mol. The molecule has 10 nitrogen and oxygen atoms in total. The average molecular weight is 566 g/mol. The minimum Gasteiger partial charge on any atom is -0.496 e. The molecule has 0 atom stereocenters. The Morgan fingerprint density at radius 3 is 2.55 bits per heavy atom. The highest BCUT2D eigenvalue weighted by atomic mass is 32.2. The van der Waals surface area contributed by atoms with Crippen LogP contribution in [0.2, 0.25) is 0 Å². The van der Waals surface area contributed by atoms with Gasteiger partial charge in [-0.1, -0.05) is 24.3 Å². The lowest BCUT2D eigenvalue weighted by atomic mass is 10.1. The SMILES string of the molecule is COc1cc(C(=O)NS(=O)(=O)c2ccccc2)ccc1CN1CCOc2ccc(NC(=O)OC3CCCC3)cc21. The third-order valence-corrected chi connectivity index (χ3v) is 8.28. The average Bonchev–Trinajstić information content (AvgIpc) is 3.46. The predicted octanol–water partition coefficient (Wildman–Crippen LogP) is 4.70. The van der Waals surface area contributed by atoms with E-state index < -0.39 is 22.0 Å². The van der Waals surface area contributed by atoms with Crippen LogP contribution in [0.3, 0.4) is 0 Å². The van der Waals surface area contributed by atoms with Crippen molar-refractivity contribution in [3.8, 4) is 11.5 Å². The molecule has 0 aromatic heterocycles. The number of benzene rings is 3. The fraction of sp³-hybridized carbons (Fsp3) is 0.310. The zero-order valence-electron chi connectivity index (χ0n) is 22.1. The second-order valence-corrected chi connectivity index (χ2v) is 11.3. The molecule has 0 unspecified atom stereocenters. The number of sulfonamides is 1. The number of nitrogens with zero attached hydrogens (tertiary/aromatic N) is 1. The van der Waals surface area contributed by atoms with Gasteiger partial charge in [0.25, 0.3) is 15.9 Å². The van der Waals surface area contributed by atoms with Gasteiger partial charge in [-0.05, 0) is 68.1 Å². The minimum absolute atomic E-state index is 0.00132. The van der Waals surface area contributed by atoms with Gasteiger partial charge >= 0.3 is 6.09 Å². The second-order valence-electron chi connectivity index (χ2n) is 9.66. The van der Waals surface area contributed by atoms with Crippen LogP contribution >= 0.6 is 0 Å². The van der Waals surface area contributed by atoms with Crippen molar-refractivity contribution in [1.29, 1.82) is 0 Å². The van der Waals surface area contributed by atoms with Gasteiger partial charge in [0, 0.05) is 23.4 Å². The van der Waals surface area contributed by atoms with E-state index in [0.29, 0.717) is 36.9 Å².